The van der Waals surface area contributed by atoms with Crippen LogP contribution in [-0.4, -0.2) is 49.5 Å². The van der Waals surface area contributed by atoms with Gasteiger partial charge in [0.25, 0.3) is 0 Å². The smallest absolute Gasteiger partial charge is 0.405 e. The van der Waals surface area contributed by atoms with E-state index in [0.29, 0.717) is 11.1 Å². The molecule has 0 saturated heterocycles. The summed E-state index contributed by atoms with van der Waals surface area (Å²) in [6, 6.07) is 10.6. The molecule has 0 aliphatic heterocycles. The lowest BCUT2D eigenvalue weighted by Gasteiger charge is -2.14. The van der Waals surface area contributed by atoms with Crippen LogP contribution in [0.3, 0.4) is 0 Å². The fourth-order valence-corrected chi connectivity index (χ4v) is 4.38. The second-order valence-electron chi connectivity index (χ2n) is 8.17. The number of fused-ring (bicyclic) bond motifs is 1. The molecule has 0 radical (unpaired) electrons. The van der Waals surface area contributed by atoms with E-state index in [0.717, 1.165) is 18.4 Å². The number of hydrogen-bond donors (Lipinski definition) is 2. The number of methoxy groups -OCH3 is 1. The highest BCUT2D eigenvalue weighted by Gasteiger charge is 2.27. The maximum Gasteiger partial charge on any atom is 0.405 e. The number of pyridine rings is 1. The van der Waals surface area contributed by atoms with Crippen molar-refractivity contribution in [2.24, 2.45) is 0 Å². The number of ether oxygens (including phenoxy) is 1. The van der Waals surface area contributed by atoms with E-state index in [9.17, 15) is 30.4 Å². The highest BCUT2D eigenvalue weighted by Crippen LogP contribution is 2.31. The van der Waals surface area contributed by atoms with Crippen molar-refractivity contribution >= 4 is 32.6 Å². The highest BCUT2D eigenvalue weighted by molar-refractivity contribution is 7.90. The molecule has 4 aromatic rings. The quantitative estimate of drug-likeness (QED) is 0.295. The number of sulfone groups is 1. The summed E-state index contributed by atoms with van der Waals surface area (Å²) in [5.74, 6) is -2.25. The van der Waals surface area contributed by atoms with Crippen LogP contribution < -0.4 is 15.4 Å². The average molecular weight is 554 g/mol. The minimum absolute atomic E-state index is 0.00171. The first-order chi connectivity index (χ1) is 17.8. The van der Waals surface area contributed by atoms with Crippen LogP contribution in [-0.2, 0) is 16.4 Å². The highest BCUT2D eigenvalue weighted by atomic mass is 32.2. The summed E-state index contributed by atoms with van der Waals surface area (Å²) in [6.07, 6.45) is -3.54. The molecule has 0 saturated carbocycles. The Hall–Kier alpha value is -4.07. The predicted octanol–water partition coefficient (Wildman–Crippen LogP) is 4.97. The molecule has 2 heterocycles. The predicted molar refractivity (Wildman–Crippen MR) is 131 cm³/mol. The largest absolute Gasteiger partial charge is 0.495 e. The standard InChI is InChI=1S/C24H20F5N5O3S/c1-37-19-8-4-14(10-20(19)38(2,35)36)17-6-7-18-21(32-17)22(31-12-24(27,28)29)34-23(33-18)30-11-13-3-5-15(25)16(26)9-13/h3-10H,11-12H2,1-2H3,(H2,30,31,33,34). The van der Waals surface area contributed by atoms with Gasteiger partial charge in [-0.15, -0.1) is 0 Å². The van der Waals surface area contributed by atoms with Crippen molar-refractivity contribution in [2.75, 3.05) is 30.5 Å². The van der Waals surface area contributed by atoms with Crippen LogP contribution in [0.15, 0.2) is 53.4 Å². The summed E-state index contributed by atoms with van der Waals surface area (Å²) in [4.78, 5) is 12.7. The number of aromatic nitrogens is 3. The normalized spacial score (nSPS) is 12.0. The number of halogens is 5. The molecule has 0 spiro atoms. The van der Waals surface area contributed by atoms with E-state index in [2.05, 4.69) is 25.6 Å². The Kier molecular flexibility index (Phi) is 7.35. The van der Waals surface area contributed by atoms with Crippen molar-refractivity contribution in [3.63, 3.8) is 0 Å². The summed E-state index contributed by atoms with van der Waals surface area (Å²) in [6.45, 7) is -1.44. The molecule has 38 heavy (non-hydrogen) atoms. The van der Waals surface area contributed by atoms with Crippen LogP contribution in [0.1, 0.15) is 5.56 Å². The Morgan fingerprint density at radius 2 is 1.68 bits per heavy atom. The van der Waals surface area contributed by atoms with Gasteiger partial charge in [-0.25, -0.2) is 27.2 Å². The molecule has 0 aliphatic rings. The van der Waals surface area contributed by atoms with E-state index in [4.69, 9.17) is 4.74 Å². The van der Waals surface area contributed by atoms with Crippen molar-refractivity contribution in [1.82, 2.24) is 15.0 Å². The van der Waals surface area contributed by atoms with E-state index in [1.807, 2.05) is 0 Å². The van der Waals surface area contributed by atoms with E-state index in [1.165, 1.54) is 37.4 Å². The summed E-state index contributed by atoms with van der Waals surface area (Å²) in [5, 5.41) is 4.99. The second kappa shape index (κ2) is 10.4. The number of nitrogens with zero attached hydrogens (tertiary/aromatic N) is 3. The van der Waals surface area contributed by atoms with Gasteiger partial charge < -0.3 is 15.4 Å². The third kappa shape index (κ3) is 6.25. The molecule has 0 fully saturated rings. The monoisotopic (exact) mass is 553 g/mol. The third-order valence-electron chi connectivity index (χ3n) is 5.29. The maximum atomic E-state index is 13.5. The van der Waals surface area contributed by atoms with E-state index in [1.54, 1.807) is 6.07 Å². The fourth-order valence-electron chi connectivity index (χ4n) is 3.52. The Morgan fingerprint density at radius 3 is 2.34 bits per heavy atom. The first-order valence-corrected chi connectivity index (χ1v) is 12.8. The van der Waals surface area contributed by atoms with E-state index >= 15 is 0 Å². The number of nitrogens with one attached hydrogen (secondary N) is 2. The Morgan fingerprint density at radius 1 is 0.921 bits per heavy atom. The van der Waals surface area contributed by atoms with Crippen LogP contribution in [0, 0.1) is 11.6 Å². The van der Waals surface area contributed by atoms with Gasteiger partial charge in [0.2, 0.25) is 5.95 Å². The Labute approximate surface area is 213 Å². The molecule has 8 nitrogen and oxygen atoms in total. The molecule has 4 rings (SSSR count). The molecular formula is C24H20F5N5O3S. The first kappa shape index (κ1) is 27.0. The van der Waals surface area contributed by atoms with Crippen molar-refractivity contribution < 1.29 is 35.1 Å². The van der Waals surface area contributed by atoms with Gasteiger partial charge in [0.15, 0.2) is 27.3 Å². The fraction of sp³-hybridized carbons (Fsp3) is 0.208. The minimum Gasteiger partial charge on any atom is -0.495 e. The van der Waals surface area contributed by atoms with Crippen molar-refractivity contribution in [3.8, 4) is 17.0 Å². The Bertz CT molecular complexity index is 1610. The lowest BCUT2D eigenvalue weighted by molar-refractivity contribution is -0.115. The molecule has 2 aromatic heterocycles. The summed E-state index contributed by atoms with van der Waals surface area (Å²) in [7, 11) is -2.33. The molecule has 0 bridgehead atoms. The van der Waals surface area contributed by atoms with Gasteiger partial charge in [-0.3, -0.25) is 0 Å². The van der Waals surface area contributed by atoms with E-state index < -0.39 is 34.2 Å². The number of benzene rings is 2. The van der Waals surface area contributed by atoms with Crippen molar-refractivity contribution in [3.05, 3.63) is 65.7 Å². The van der Waals surface area contributed by atoms with Crippen LogP contribution >= 0.6 is 0 Å². The van der Waals surface area contributed by atoms with Gasteiger partial charge >= 0.3 is 6.18 Å². The van der Waals surface area contributed by atoms with E-state index in [-0.39, 0.29) is 45.7 Å². The SMILES string of the molecule is COc1ccc(-c2ccc3nc(NCc4ccc(F)c(F)c4)nc(NCC(F)(F)F)c3n2)cc1S(C)(=O)=O. The van der Waals surface area contributed by atoms with Crippen LogP contribution in [0.25, 0.3) is 22.3 Å². The number of alkyl halides is 3. The maximum absolute atomic E-state index is 13.5. The van der Waals surface area contributed by atoms with Gasteiger partial charge in [-0.1, -0.05) is 6.07 Å². The summed E-state index contributed by atoms with van der Waals surface area (Å²) < 4.78 is 95.1. The molecule has 0 unspecified atom stereocenters. The third-order valence-corrected chi connectivity index (χ3v) is 6.41. The molecule has 200 valence electrons. The molecule has 2 aromatic carbocycles. The summed E-state index contributed by atoms with van der Waals surface area (Å²) in [5.41, 5.74) is 1.16. The number of anilines is 2. The lowest BCUT2D eigenvalue weighted by Crippen LogP contribution is -2.22. The number of rotatable bonds is 8. The molecule has 0 aliphatic carbocycles. The lowest BCUT2D eigenvalue weighted by atomic mass is 10.1. The first-order valence-electron chi connectivity index (χ1n) is 10.9. The minimum atomic E-state index is -4.56. The van der Waals surface area contributed by atoms with Gasteiger partial charge in [0.05, 0.1) is 18.3 Å². The molecule has 0 atom stereocenters. The van der Waals surface area contributed by atoms with Gasteiger partial charge in [0, 0.05) is 18.4 Å². The average Bonchev–Trinajstić information content (AvgIpc) is 2.86. The molecular weight excluding hydrogens is 533 g/mol. The molecule has 14 heteroatoms. The molecule has 0 amide bonds. The van der Waals surface area contributed by atoms with Gasteiger partial charge in [-0.2, -0.15) is 18.2 Å². The Balaban J connectivity index is 1.74. The van der Waals surface area contributed by atoms with Crippen LogP contribution in [0.4, 0.5) is 33.7 Å². The summed E-state index contributed by atoms with van der Waals surface area (Å²) >= 11 is 0. The second-order valence-corrected chi connectivity index (χ2v) is 10.2. The zero-order chi connectivity index (χ0) is 27.7. The topological polar surface area (TPSA) is 106 Å². The van der Waals surface area contributed by atoms with Crippen molar-refractivity contribution in [2.45, 2.75) is 17.6 Å². The van der Waals surface area contributed by atoms with Crippen molar-refractivity contribution in [1.29, 1.82) is 0 Å². The van der Waals surface area contributed by atoms with Gasteiger partial charge in [-0.05, 0) is 48.0 Å². The zero-order valence-electron chi connectivity index (χ0n) is 19.9. The number of hydrogen-bond acceptors (Lipinski definition) is 8. The zero-order valence-corrected chi connectivity index (χ0v) is 20.7. The molecule has 2 N–H and O–H groups in total. The van der Waals surface area contributed by atoms with Crippen LogP contribution in [0.5, 0.6) is 5.75 Å². The van der Waals surface area contributed by atoms with Gasteiger partial charge in [0.1, 0.15) is 22.7 Å². The van der Waals surface area contributed by atoms with Crippen LogP contribution in [0.2, 0.25) is 0 Å².